The zero-order chi connectivity index (χ0) is 14.9. The molecule has 0 heterocycles. The summed E-state index contributed by atoms with van der Waals surface area (Å²) < 4.78 is 10.7. The van der Waals surface area contributed by atoms with Crippen LogP contribution in [0.3, 0.4) is 0 Å². The second kappa shape index (κ2) is 8.45. The lowest BCUT2D eigenvalue weighted by Crippen LogP contribution is -2.14. The maximum Gasteiger partial charge on any atom is 0.123 e. The summed E-state index contributed by atoms with van der Waals surface area (Å²) in [6.07, 6.45) is 0. The summed E-state index contributed by atoms with van der Waals surface area (Å²) in [7, 11) is 1.68. The number of methoxy groups -OCH3 is 1. The molecular weight excluding hydrogens is 262 g/mol. The molecule has 0 amide bonds. The van der Waals surface area contributed by atoms with Crippen LogP contribution in [0, 0.1) is 6.92 Å². The van der Waals surface area contributed by atoms with E-state index < -0.39 is 0 Å². The maximum atomic E-state index is 5.73. The van der Waals surface area contributed by atoms with Crippen LogP contribution in [0.25, 0.3) is 0 Å². The number of aryl methyl sites for hydroxylation is 1. The molecule has 0 spiro atoms. The number of nitrogens with one attached hydrogen (secondary N) is 1. The minimum atomic E-state index is 0.575. The third kappa shape index (κ3) is 5.21. The van der Waals surface area contributed by atoms with Crippen LogP contribution in [0.5, 0.6) is 5.75 Å². The molecule has 2 rings (SSSR count). The van der Waals surface area contributed by atoms with Gasteiger partial charge in [0.15, 0.2) is 0 Å². The normalized spacial score (nSPS) is 10.6. The van der Waals surface area contributed by atoms with Gasteiger partial charge in [0.25, 0.3) is 0 Å². The molecule has 0 aliphatic rings. The van der Waals surface area contributed by atoms with E-state index in [1.165, 1.54) is 16.7 Å². The van der Waals surface area contributed by atoms with Crippen LogP contribution in [-0.4, -0.2) is 20.3 Å². The van der Waals surface area contributed by atoms with Crippen molar-refractivity contribution in [1.29, 1.82) is 0 Å². The molecule has 0 aliphatic heterocycles. The van der Waals surface area contributed by atoms with Crippen molar-refractivity contribution in [3.63, 3.8) is 0 Å². The van der Waals surface area contributed by atoms with E-state index in [0.717, 1.165) is 18.8 Å². The van der Waals surface area contributed by atoms with E-state index in [1.807, 2.05) is 18.2 Å². The van der Waals surface area contributed by atoms with Gasteiger partial charge >= 0.3 is 0 Å². The molecule has 2 aromatic carbocycles. The van der Waals surface area contributed by atoms with E-state index in [2.05, 4.69) is 42.6 Å². The largest absolute Gasteiger partial charge is 0.491 e. The zero-order valence-corrected chi connectivity index (χ0v) is 12.8. The third-order valence-electron chi connectivity index (χ3n) is 3.24. The molecule has 3 nitrogen and oxygen atoms in total. The van der Waals surface area contributed by atoms with Crippen LogP contribution in [0.15, 0.2) is 48.5 Å². The summed E-state index contributed by atoms with van der Waals surface area (Å²) in [5, 5.41) is 3.46. The molecule has 2 aromatic rings. The number of ether oxygens (including phenoxy) is 2. The Morgan fingerprint density at radius 1 is 0.952 bits per heavy atom. The first-order valence-electron chi connectivity index (χ1n) is 7.25. The fourth-order valence-corrected chi connectivity index (χ4v) is 2.19. The highest BCUT2D eigenvalue weighted by atomic mass is 16.5. The smallest absolute Gasteiger partial charge is 0.123 e. The third-order valence-corrected chi connectivity index (χ3v) is 3.24. The summed E-state index contributed by atoms with van der Waals surface area (Å²) >= 11 is 0. The Morgan fingerprint density at radius 2 is 1.81 bits per heavy atom. The first-order chi connectivity index (χ1) is 10.3. The fraction of sp³-hybridized carbons (Fsp3) is 0.333. The first kappa shape index (κ1) is 15.5. The SMILES string of the molecule is COCCOc1ccccc1CNCc1cccc(C)c1. The molecular formula is C18H23NO2. The molecule has 1 N–H and O–H groups in total. The van der Waals surface area contributed by atoms with E-state index >= 15 is 0 Å². The van der Waals surface area contributed by atoms with Gasteiger partial charge in [-0.3, -0.25) is 0 Å². The Hall–Kier alpha value is -1.84. The van der Waals surface area contributed by atoms with Gasteiger partial charge in [0.05, 0.1) is 6.61 Å². The van der Waals surface area contributed by atoms with Gasteiger partial charge in [-0.05, 0) is 18.6 Å². The molecule has 0 radical (unpaired) electrons. The molecule has 0 saturated heterocycles. The number of para-hydroxylation sites is 1. The van der Waals surface area contributed by atoms with Crippen LogP contribution >= 0.6 is 0 Å². The summed E-state index contributed by atoms with van der Waals surface area (Å²) in [4.78, 5) is 0. The minimum absolute atomic E-state index is 0.575. The van der Waals surface area contributed by atoms with Crippen LogP contribution in [0.2, 0.25) is 0 Å². The standard InChI is InChI=1S/C18H23NO2/c1-15-6-5-7-16(12-15)13-19-14-17-8-3-4-9-18(17)21-11-10-20-2/h3-9,12,19H,10-11,13-14H2,1-2H3. The van der Waals surface area contributed by atoms with Gasteiger partial charge < -0.3 is 14.8 Å². The highest BCUT2D eigenvalue weighted by Crippen LogP contribution is 2.17. The highest BCUT2D eigenvalue weighted by molar-refractivity contribution is 5.33. The fourth-order valence-electron chi connectivity index (χ4n) is 2.19. The molecule has 0 fully saturated rings. The Morgan fingerprint density at radius 3 is 2.62 bits per heavy atom. The molecule has 0 unspecified atom stereocenters. The molecule has 0 saturated carbocycles. The number of benzene rings is 2. The Balaban J connectivity index is 1.87. The molecule has 0 atom stereocenters. The lowest BCUT2D eigenvalue weighted by atomic mass is 10.1. The molecule has 21 heavy (non-hydrogen) atoms. The van der Waals surface area contributed by atoms with Crippen molar-refractivity contribution < 1.29 is 9.47 Å². The molecule has 0 bridgehead atoms. The van der Waals surface area contributed by atoms with Gasteiger partial charge in [0, 0.05) is 25.8 Å². The Bertz CT molecular complexity index is 554. The zero-order valence-electron chi connectivity index (χ0n) is 12.8. The van der Waals surface area contributed by atoms with Crippen molar-refractivity contribution in [2.75, 3.05) is 20.3 Å². The van der Waals surface area contributed by atoms with Crippen molar-refractivity contribution in [3.8, 4) is 5.75 Å². The predicted molar refractivity (Wildman–Crippen MR) is 85.5 cm³/mol. The van der Waals surface area contributed by atoms with E-state index in [-0.39, 0.29) is 0 Å². The van der Waals surface area contributed by atoms with Gasteiger partial charge in [0.1, 0.15) is 12.4 Å². The second-order valence-corrected chi connectivity index (χ2v) is 5.04. The molecule has 112 valence electrons. The summed E-state index contributed by atoms with van der Waals surface area (Å²) in [5.74, 6) is 0.922. The topological polar surface area (TPSA) is 30.5 Å². The quantitative estimate of drug-likeness (QED) is 0.755. The van der Waals surface area contributed by atoms with Gasteiger partial charge in [-0.25, -0.2) is 0 Å². The van der Waals surface area contributed by atoms with Crippen molar-refractivity contribution in [3.05, 3.63) is 65.2 Å². The number of rotatable bonds is 8. The maximum absolute atomic E-state index is 5.73. The summed E-state index contributed by atoms with van der Waals surface area (Å²) in [6, 6.07) is 16.7. The van der Waals surface area contributed by atoms with Crippen LogP contribution in [-0.2, 0) is 17.8 Å². The van der Waals surface area contributed by atoms with Crippen molar-refractivity contribution in [1.82, 2.24) is 5.32 Å². The van der Waals surface area contributed by atoms with Crippen molar-refractivity contribution >= 4 is 0 Å². The summed E-state index contributed by atoms with van der Waals surface area (Å²) in [6.45, 7) is 4.93. The van der Waals surface area contributed by atoms with E-state index in [0.29, 0.717) is 13.2 Å². The highest BCUT2D eigenvalue weighted by Gasteiger charge is 2.02. The number of hydrogen-bond acceptors (Lipinski definition) is 3. The molecule has 0 aliphatic carbocycles. The monoisotopic (exact) mass is 285 g/mol. The van der Waals surface area contributed by atoms with Crippen LogP contribution in [0.4, 0.5) is 0 Å². The van der Waals surface area contributed by atoms with E-state index in [4.69, 9.17) is 9.47 Å². The van der Waals surface area contributed by atoms with Crippen LogP contribution in [0.1, 0.15) is 16.7 Å². The van der Waals surface area contributed by atoms with Crippen molar-refractivity contribution in [2.45, 2.75) is 20.0 Å². The lowest BCUT2D eigenvalue weighted by Gasteiger charge is -2.12. The van der Waals surface area contributed by atoms with Gasteiger partial charge in [-0.15, -0.1) is 0 Å². The summed E-state index contributed by atoms with van der Waals surface area (Å²) in [5.41, 5.74) is 3.76. The Labute approximate surface area is 126 Å². The minimum Gasteiger partial charge on any atom is -0.491 e. The van der Waals surface area contributed by atoms with E-state index in [9.17, 15) is 0 Å². The average Bonchev–Trinajstić information content (AvgIpc) is 2.49. The predicted octanol–water partition coefficient (Wildman–Crippen LogP) is 3.31. The average molecular weight is 285 g/mol. The lowest BCUT2D eigenvalue weighted by molar-refractivity contribution is 0.145. The van der Waals surface area contributed by atoms with Crippen LogP contribution < -0.4 is 10.1 Å². The van der Waals surface area contributed by atoms with Gasteiger partial charge in [-0.1, -0.05) is 48.0 Å². The van der Waals surface area contributed by atoms with Gasteiger partial charge in [0.2, 0.25) is 0 Å². The second-order valence-electron chi connectivity index (χ2n) is 5.04. The Kier molecular flexibility index (Phi) is 6.25. The van der Waals surface area contributed by atoms with Gasteiger partial charge in [-0.2, -0.15) is 0 Å². The van der Waals surface area contributed by atoms with E-state index in [1.54, 1.807) is 7.11 Å². The van der Waals surface area contributed by atoms with Crippen molar-refractivity contribution in [2.24, 2.45) is 0 Å². The molecule has 0 aromatic heterocycles. The molecule has 3 heteroatoms. The number of hydrogen-bond donors (Lipinski definition) is 1. The first-order valence-corrected chi connectivity index (χ1v) is 7.25.